The molecule has 4 rings (SSSR count). The lowest BCUT2D eigenvalue weighted by molar-refractivity contribution is -0.141. The van der Waals surface area contributed by atoms with E-state index >= 15 is 0 Å². The molecule has 0 aromatic heterocycles. The number of amides is 7. The Labute approximate surface area is 355 Å². The van der Waals surface area contributed by atoms with Gasteiger partial charge in [0.25, 0.3) is 11.8 Å². The first kappa shape index (κ1) is 47.4. The third-order valence-electron chi connectivity index (χ3n) is 10.2. The first-order valence-electron chi connectivity index (χ1n) is 19.8. The average molecular weight is 854 g/mol. The van der Waals surface area contributed by atoms with Gasteiger partial charge in [-0.3, -0.25) is 28.8 Å². The molecule has 334 valence electrons. The standard InChI is InChI=1S/C42H59N7O12/c1-40(2,3)61-39(56)47-42(6,7)38(55)49-18-14-16-28(49)36(53)45-26-20-24(30(58-10)22-32(26)60-12)34(51)46-41(4,5)37(54)48-17-13-15-27(48)35(52)44-25-19-23(33(50)43-8)29(57-9)21-31(25)59-11/h19-22,27-28H,13-18H2,1-12H3,(H,43,50)(H,44,52)(H,45,53)(H,46,51)(H,47,56)/t27-,28-/m0/s1. The van der Waals surface area contributed by atoms with Gasteiger partial charge in [0.1, 0.15) is 51.8 Å². The van der Waals surface area contributed by atoms with Crippen LogP contribution < -0.4 is 45.5 Å². The fourth-order valence-corrected chi connectivity index (χ4v) is 7.21. The van der Waals surface area contributed by atoms with Crippen LogP contribution in [-0.2, 0) is 23.9 Å². The van der Waals surface area contributed by atoms with Gasteiger partial charge in [-0.2, -0.15) is 0 Å². The van der Waals surface area contributed by atoms with Crippen LogP contribution in [0, 0.1) is 0 Å². The number of likely N-dealkylation sites (tertiary alicyclic amines) is 2. The molecule has 19 nitrogen and oxygen atoms in total. The molecule has 0 spiro atoms. The van der Waals surface area contributed by atoms with E-state index in [-0.39, 0.29) is 58.6 Å². The van der Waals surface area contributed by atoms with Crippen LogP contribution in [0.15, 0.2) is 24.3 Å². The molecular formula is C42H59N7O12. The second kappa shape index (κ2) is 19.0. The van der Waals surface area contributed by atoms with Crippen LogP contribution in [-0.4, -0.2) is 129 Å². The Kier molecular flexibility index (Phi) is 14.7. The zero-order valence-electron chi connectivity index (χ0n) is 37.0. The number of alkyl carbamates (subject to hydrolysis) is 1. The number of carbonyl (C=O) groups excluding carboxylic acids is 7. The minimum Gasteiger partial charge on any atom is -0.496 e. The number of nitrogens with zero attached hydrogens (tertiary/aromatic N) is 2. The number of rotatable bonds is 14. The van der Waals surface area contributed by atoms with E-state index in [9.17, 15) is 33.6 Å². The van der Waals surface area contributed by atoms with E-state index < -0.39 is 70.3 Å². The van der Waals surface area contributed by atoms with Crippen LogP contribution in [0.4, 0.5) is 16.2 Å². The second-order valence-electron chi connectivity index (χ2n) is 16.7. The summed E-state index contributed by atoms with van der Waals surface area (Å²) in [4.78, 5) is 97.3. The highest BCUT2D eigenvalue weighted by Gasteiger charge is 2.44. The van der Waals surface area contributed by atoms with Gasteiger partial charge in [-0.15, -0.1) is 0 Å². The van der Waals surface area contributed by atoms with Crippen molar-refractivity contribution in [3.05, 3.63) is 35.4 Å². The monoisotopic (exact) mass is 853 g/mol. The van der Waals surface area contributed by atoms with E-state index in [2.05, 4.69) is 26.6 Å². The van der Waals surface area contributed by atoms with Crippen molar-refractivity contribution in [2.75, 3.05) is 59.2 Å². The number of hydrogen-bond acceptors (Lipinski definition) is 12. The van der Waals surface area contributed by atoms with E-state index in [1.807, 2.05) is 0 Å². The minimum atomic E-state index is -1.55. The zero-order chi connectivity index (χ0) is 45.6. The molecule has 0 unspecified atom stereocenters. The van der Waals surface area contributed by atoms with Crippen molar-refractivity contribution >= 4 is 52.9 Å². The quantitative estimate of drug-likeness (QED) is 0.184. The molecule has 2 saturated heterocycles. The van der Waals surface area contributed by atoms with Gasteiger partial charge >= 0.3 is 6.09 Å². The Balaban J connectivity index is 1.52. The Morgan fingerprint density at radius 1 is 0.574 bits per heavy atom. The van der Waals surface area contributed by atoms with Crippen LogP contribution in [0.2, 0.25) is 0 Å². The van der Waals surface area contributed by atoms with E-state index in [4.69, 9.17) is 23.7 Å². The SMILES string of the molecule is CNC(=O)c1cc(NC(=O)[C@@H]2CCCN2C(=O)C(C)(C)NC(=O)c2cc(NC(=O)[C@@H]3CCCN3C(=O)C(C)(C)NC(=O)OC(C)(C)C)c(OC)cc2OC)c(OC)cc1OC. The Bertz CT molecular complexity index is 2040. The normalized spacial score (nSPS) is 16.5. The number of methoxy groups -OCH3 is 4. The molecule has 0 bridgehead atoms. The summed E-state index contributed by atoms with van der Waals surface area (Å²) < 4.78 is 27.2. The molecule has 7 amide bonds. The maximum Gasteiger partial charge on any atom is 0.408 e. The molecule has 2 aromatic carbocycles. The van der Waals surface area contributed by atoms with Gasteiger partial charge in [0, 0.05) is 32.3 Å². The third kappa shape index (κ3) is 10.9. The van der Waals surface area contributed by atoms with Gasteiger partial charge in [0.15, 0.2) is 0 Å². The van der Waals surface area contributed by atoms with Gasteiger partial charge in [-0.25, -0.2) is 4.79 Å². The summed E-state index contributed by atoms with van der Waals surface area (Å²) in [5.41, 5.74) is -3.34. The van der Waals surface area contributed by atoms with Crippen LogP contribution >= 0.6 is 0 Å². The molecule has 0 radical (unpaired) electrons. The Morgan fingerprint density at radius 2 is 0.967 bits per heavy atom. The summed E-state index contributed by atoms with van der Waals surface area (Å²) in [6, 6.07) is 3.82. The molecule has 2 aliphatic heterocycles. The van der Waals surface area contributed by atoms with Gasteiger partial charge in [0.2, 0.25) is 23.6 Å². The van der Waals surface area contributed by atoms with Crippen molar-refractivity contribution in [2.45, 2.75) is 103 Å². The van der Waals surface area contributed by atoms with Gasteiger partial charge in [-0.05, 0) is 86.3 Å². The molecule has 0 aliphatic carbocycles. The fraction of sp³-hybridized carbons (Fsp3) is 0.548. The average Bonchev–Trinajstić information content (AvgIpc) is 3.89. The molecule has 2 aliphatic rings. The summed E-state index contributed by atoms with van der Waals surface area (Å²) in [7, 11) is 6.98. The Morgan fingerprint density at radius 3 is 1.34 bits per heavy atom. The van der Waals surface area contributed by atoms with Crippen molar-refractivity contribution in [3.8, 4) is 23.0 Å². The van der Waals surface area contributed by atoms with Gasteiger partial charge in [0.05, 0.1) is 50.9 Å². The number of benzene rings is 2. The maximum absolute atomic E-state index is 14.1. The number of nitrogens with one attached hydrogen (secondary N) is 5. The highest BCUT2D eigenvalue weighted by atomic mass is 16.6. The molecular weight excluding hydrogens is 794 g/mol. The topological polar surface area (TPSA) is 232 Å². The number of carbonyl (C=O) groups is 7. The second-order valence-corrected chi connectivity index (χ2v) is 16.7. The van der Waals surface area contributed by atoms with Crippen molar-refractivity contribution in [2.24, 2.45) is 0 Å². The lowest BCUT2D eigenvalue weighted by Crippen LogP contribution is -2.58. The predicted octanol–water partition coefficient (Wildman–Crippen LogP) is 3.45. The molecule has 2 heterocycles. The van der Waals surface area contributed by atoms with Gasteiger partial charge in [-0.1, -0.05) is 0 Å². The summed E-state index contributed by atoms with van der Waals surface area (Å²) >= 11 is 0. The predicted molar refractivity (Wildman–Crippen MR) is 224 cm³/mol. The van der Waals surface area contributed by atoms with Crippen LogP contribution in [0.5, 0.6) is 23.0 Å². The van der Waals surface area contributed by atoms with Gasteiger partial charge < -0.3 is 60.1 Å². The van der Waals surface area contributed by atoms with E-state index in [0.717, 1.165) is 0 Å². The first-order chi connectivity index (χ1) is 28.5. The van der Waals surface area contributed by atoms with Crippen LogP contribution in [0.25, 0.3) is 0 Å². The molecule has 2 atom stereocenters. The highest BCUT2D eigenvalue weighted by molar-refractivity contribution is 6.06. The summed E-state index contributed by atoms with van der Waals surface area (Å²) in [5, 5.41) is 13.5. The van der Waals surface area contributed by atoms with Crippen molar-refractivity contribution in [1.29, 1.82) is 0 Å². The maximum atomic E-state index is 14.1. The lowest BCUT2D eigenvalue weighted by atomic mass is 10.0. The zero-order valence-corrected chi connectivity index (χ0v) is 37.0. The lowest BCUT2D eigenvalue weighted by Gasteiger charge is -2.34. The molecule has 19 heteroatoms. The fourth-order valence-electron chi connectivity index (χ4n) is 7.21. The number of anilines is 2. The first-order valence-corrected chi connectivity index (χ1v) is 19.8. The summed E-state index contributed by atoms with van der Waals surface area (Å²) in [5.74, 6) is -2.59. The molecule has 0 saturated carbocycles. The minimum absolute atomic E-state index is 0.0456. The highest BCUT2D eigenvalue weighted by Crippen LogP contribution is 2.36. The third-order valence-corrected chi connectivity index (χ3v) is 10.2. The van der Waals surface area contributed by atoms with Crippen molar-refractivity contribution in [1.82, 2.24) is 25.8 Å². The van der Waals surface area contributed by atoms with Crippen LogP contribution in [0.3, 0.4) is 0 Å². The largest absolute Gasteiger partial charge is 0.496 e. The number of hydrogen-bond donors (Lipinski definition) is 5. The van der Waals surface area contributed by atoms with Crippen molar-refractivity contribution in [3.63, 3.8) is 0 Å². The van der Waals surface area contributed by atoms with Crippen molar-refractivity contribution < 1.29 is 57.2 Å². The van der Waals surface area contributed by atoms with Crippen LogP contribution in [0.1, 0.15) is 94.9 Å². The van der Waals surface area contributed by atoms with E-state index in [1.165, 1.54) is 97.2 Å². The summed E-state index contributed by atoms with van der Waals surface area (Å²) in [6.07, 6.45) is 0.923. The smallest absolute Gasteiger partial charge is 0.408 e. The Hall–Kier alpha value is -6.27. The van der Waals surface area contributed by atoms with E-state index in [1.54, 1.807) is 20.8 Å². The summed E-state index contributed by atoms with van der Waals surface area (Å²) in [6.45, 7) is 11.7. The molecule has 2 aromatic rings. The number of ether oxygens (including phenoxy) is 5. The van der Waals surface area contributed by atoms with E-state index in [0.29, 0.717) is 25.7 Å². The molecule has 5 N–H and O–H groups in total. The molecule has 2 fully saturated rings. The molecule has 61 heavy (non-hydrogen) atoms.